The number of rotatable bonds is 9. The molecule has 150 valence electrons. The average Bonchev–Trinajstić information content (AvgIpc) is 3.22. The highest BCUT2D eigenvalue weighted by molar-refractivity contribution is 6.30. The third kappa shape index (κ3) is 6.76. The van der Waals surface area contributed by atoms with Gasteiger partial charge in [0.2, 0.25) is 0 Å². The second-order valence-electron chi connectivity index (χ2n) is 6.52. The Morgan fingerprint density at radius 3 is 2.52 bits per heavy atom. The van der Waals surface area contributed by atoms with Gasteiger partial charge in [-0.3, -0.25) is 9.59 Å². The van der Waals surface area contributed by atoms with Crippen LogP contribution in [-0.4, -0.2) is 34.8 Å². The number of para-hydroxylation sites is 1. The molecule has 1 N–H and O–H groups in total. The normalized spacial score (nSPS) is 10.5. The summed E-state index contributed by atoms with van der Waals surface area (Å²) in [6.07, 6.45) is 4.99. The molecular weight excluding hydrogens is 390 g/mol. The zero-order chi connectivity index (χ0) is 20.5. The number of ether oxygens (including phenoxy) is 1. The highest BCUT2D eigenvalue weighted by atomic mass is 35.5. The topological polar surface area (TPSA) is 73.2 Å². The van der Waals surface area contributed by atoms with Crippen LogP contribution in [0.4, 0.5) is 0 Å². The van der Waals surface area contributed by atoms with Crippen LogP contribution < -0.4 is 5.32 Å². The van der Waals surface area contributed by atoms with Crippen LogP contribution in [-0.2, 0) is 27.2 Å². The number of carbonyl (C=O) groups excluding carboxylic acids is 2. The molecule has 3 rings (SSSR count). The number of nitrogens with zero attached hydrogens (tertiary/aromatic N) is 2. The van der Waals surface area contributed by atoms with E-state index in [2.05, 4.69) is 10.4 Å². The smallest absolute Gasteiger partial charge is 0.306 e. The minimum absolute atomic E-state index is 0.193. The minimum Gasteiger partial charge on any atom is -0.456 e. The number of hydrogen-bond acceptors (Lipinski definition) is 4. The third-order valence-corrected chi connectivity index (χ3v) is 4.54. The van der Waals surface area contributed by atoms with Gasteiger partial charge in [-0.25, -0.2) is 4.68 Å². The second-order valence-corrected chi connectivity index (χ2v) is 6.95. The first kappa shape index (κ1) is 20.6. The third-order valence-electron chi connectivity index (χ3n) is 4.29. The Morgan fingerprint density at radius 1 is 1.00 bits per heavy atom. The molecule has 0 bridgehead atoms. The molecule has 6 nitrogen and oxygen atoms in total. The molecule has 0 saturated heterocycles. The lowest BCUT2D eigenvalue weighted by Crippen LogP contribution is -2.30. The molecule has 3 aromatic rings. The van der Waals surface area contributed by atoms with Gasteiger partial charge in [0.25, 0.3) is 5.91 Å². The lowest BCUT2D eigenvalue weighted by atomic mass is 10.1. The first-order chi connectivity index (χ1) is 14.1. The van der Waals surface area contributed by atoms with Gasteiger partial charge in [0.1, 0.15) is 0 Å². The predicted octanol–water partition coefficient (Wildman–Crippen LogP) is 3.36. The van der Waals surface area contributed by atoms with E-state index in [9.17, 15) is 9.59 Å². The maximum atomic E-state index is 11.9. The summed E-state index contributed by atoms with van der Waals surface area (Å²) in [5.74, 6) is -0.727. The fraction of sp³-hybridized carbons (Fsp3) is 0.227. The number of aryl methyl sites for hydroxylation is 1. The van der Waals surface area contributed by atoms with Crippen molar-refractivity contribution < 1.29 is 14.3 Å². The highest BCUT2D eigenvalue weighted by Crippen LogP contribution is 2.10. The van der Waals surface area contributed by atoms with E-state index in [-0.39, 0.29) is 18.9 Å². The molecule has 7 heteroatoms. The number of nitrogens with one attached hydrogen (secondary N) is 1. The van der Waals surface area contributed by atoms with Gasteiger partial charge >= 0.3 is 5.97 Å². The summed E-state index contributed by atoms with van der Waals surface area (Å²) < 4.78 is 6.80. The maximum absolute atomic E-state index is 11.9. The molecule has 0 aliphatic heterocycles. The first-order valence-electron chi connectivity index (χ1n) is 9.36. The van der Waals surface area contributed by atoms with Crippen molar-refractivity contribution in [2.24, 2.45) is 0 Å². The molecule has 0 spiro atoms. The molecule has 0 unspecified atom stereocenters. The highest BCUT2D eigenvalue weighted by Gasteiger charge is 2.09. The number of aromatic nitrogens is 2. The maximum Gasteiger partial charge on any atom is 0.306 e. The average molecular weight is 412 g/mol. The van der Waals surface area contributed by atoms with E-state index in [0.29, 0.717) is 24.4 Å². The summed E-state index contributed by atoms with van der Waals surface area (Å²) in [6, 6.07) is 17.2. The van der Waals surface area contributed by atoms with Crippen LogP contribution in [0.5, 0.6) is 0 Å². The van der Waals surface area contributed by atoms with Crippen LogP contribution in [0.15, 0.2) is 67.0 Å². The van der Waals surface area contributed by atoms with Crippen LogP contribution in [0.25, 0.3) is 5.69 Å². The Kier molecular flexibility index (Phi) is 7.41. The van der Waals surface area contributed by atoms with Crippen LogP contribution in [0.3, 0.4) is 0 Å². The fourth-order valence-corrected chi connectivity index (χ4v) is 2.85. The number of halogens is 1. The van der Waals surface area contributed by atoms with Crippen molar-refractivity contribution in [2.45, 2.75) is 19.3 Å². The Labute approximate surface area is 174 Å². The summed E-state index contributed by atoms with van der Waals surface area (Å²) >= 11 is 5.84. The van der Waals surface area contributed by atoms with Gasteiger partial charge in [-0.1, -0.05) is 41.9 Å². The van der Waals surface area contributed by atoms with Crippen LogP contribution >= 0.6 is 11.6 Å². The van der Waals surface area contributed by atoms with E-state index in [0.717, 1.165) is 16.8 Å². The zero-order valence-electron chi connectivity index (χ0n) is 15.9. The minimum atomic E-state index is -0.412. The lowest BCUT2D eigenvalue weighted by molar-refractivity contribution is -0.148. The van der Waals surface area contributed by atoms with Crippen molar-refractivity contribution in [1.82, 2.24) is 15.1 Å². The van der Waals surface area contributed by atoms with Crippen LogP contribution in [0.2, 0.25) is 5.02 Å². The molecular formula is C22H22ClN3O3. The quantitative estimate of drug-likeness (QED) is 0.548. The largest absolute Gasteiger partial charge is 0.456 e. The number of amides is 1. The van der Waals surface area contributed by atoms with E-state index in [1.165, 1.54) is 0 Å². The lowest BCUT2D eigenvalue weighted by Gasteiger charge is -2.07. The number of carbonyl (C=O) groups is 2. The van der Waals surface area contributed by atoms with Crippen LogP contribution in [0, 0.1) is 0 Å². The Bertz CT molecular complexity index is 939. The van der Waals surface area contributed by atoms with Crippen molar-refractivity contribution in [3.63, 3.8) is 0 Å². The van der Waals surface area contributed by atoms with E-state index in [1.54, 1.807) is 10.9 Å². The van der Waals surface area contributed by atoms with Crippen molar-refractivity contribution in [2.75, 3.05) is 13.2 Å². The van der Waals surface area contributed by atoms with Crippen molar-refractivity contribution in [3.8, 4) is 5.69 Å². The molecule has 0 radical (unpaired) electrons. The molecule has 29 heavy (non-hydrogen) atoms. The zero-order valence-corrected chi connectivity index (χ0v) is 16.6. The molecule has 2 aromatic carbocycles. The number of hydrogen-bond donors (Lipinski definition) is 1. The number of benzene rings is 2. The van der Waals surface area contributed by atoms with Crippen molar-refractivity contribution in [3.05, 3.63) is 83.1 Å². The van der Waals surface area contributed by atoms with Gasteiger partial charge in [0.05, 0.1) is 11.9 Å². The Hall–Kier alpha value is -3.12. The van der Waals surface area contributed by atoms with Gasteiger partial charge in [0, 0.05) is 24.2 Å². The fourth-order valence-electron chi connectivity index (χ4n) is 2.72. The van der Waals surface area contributed by atoms with Crippen LogP contribution in [0.1, 0.15) is 17.5 Å². The first-order valence-corrected chi connectivity index (χ1v) is 9.74. The Morgan fingerprint density at radius 2 is 1.76 bits per heavy atom. The van der Waals surface area contributed by atoms with Crippen molar-refractivity contribution >= 4 is 23.5 Å². The summed E-state index contributed by atoms with van der Waals surface area (Å²) in [5.41, 5.74) is 2.96. The summed E-state index contributed by atoms with van der Waals surface area (Å²) in [5, 5.41) is 7.71. The molecule has 0 atom stereocenters. The van der Waals surface area contributed by atoms with Gasteiger partial charge < -0.3 is 10.1 Å². The molecule has 0 aliphatic rings. The predicted molar refractivity (Wildman–Crippen MR) is 111 cm³/mol. The van der Waals surface area contributed by atoms with E-state index in [4.69, 9.17) is 16.3 Å². The van der Waals surface area contributed by atoms with E-state index >= 15 is 0 Å². The van der Waals surface area contributed by atoms with Gasteiger partial charge in [-0.15, -0.1) is 0 Å². The van der Waals surface area contributed by atoms with Gasteiger partial charge in [0.15, 0.2) is 6.61 Å². The molecule has 0 saturated carbocycles. The SMILES string of the molecule is O=C(COC(=O)CCc1cnn(-c2ccccc2)c1)NCCc1ccc(Cl)cc1. The van der Waals surface area contributed by atoms with Gasteiger partial charge in [-0.05, 0) is 48.2 Å². The molecule has 1 heterocycles. The standard InChI is InChI=1S/C22H22ClN3O3/c23-19-9-6-17(7-10-19)12-13-24-21(27)16-29-22(28)11-8-18-14-25-26(15-18)20-4-2-1-3-5-20/h1-7,9-10,14-15H,8,11-13,16H2,(H,24,27). The van der Waals surface area contributed by atoms with E-state index < -0.39 is 5.97 Å². The summed E-state index contributed by atoms with van der Waals surface area (Å²) in [7, 11) is 0. The van der Waals surface area contributed by atoms with Gasteiger partial charge in [-0.2, -0.15) is 5.10 Å². The van der Waals surface area contributed by atoms with E-state index in [1.807, 2.05) is 60.8 Å². The number of esters is 1. The Balaban J connectivity index is 1.33. The molecule has 0 fully saturated rings. The summed E-state index contributed by atoms with van der Waals surface area (Å²) in [6.45, 7) is 0.194. The molecule has 1 aromatic heterocycles. The molecule has 1 amide bonds. The molecule has 0 aliphatic carbocycles. The van der Waals surface area contributed by atoms with Crippen molar-refractivity contribution in [1.29, 1.82) is 0 Å². The summed E-state index contributed by atoms with van der Waals surface area (Å²) in [4.78, 5) is 23.7. The second kappa shape index (κ2) is 10.4. The monoisotopic (exact) mass is 411 g/mol.